The Balaban J connectivity index is 0.760. The van der Waals surface area contributed by atoms with Gasteiger partial charge in [0.1, 0.15) is 23.0 Å². The molecule has 0 saturated carbocycles. The van der Waals surface area contributed by atoms with E-state index >= 15 is 0 Å². The minimum Gasteiger partial charge on any atom is -0.458 e. The largest absolute Gasteiger partial charge is 0.458 e. The van der Waals surface area contributed by atoms with Crippen LogP contribution in [0.15, 0.2) is 364 Å². The van der Waals surface area contributed by atoms with E-state index in [1.165, 1.54) is 99.9 Å². The van der Waals surface area contributed by atoms with E-state index in [4.69, 9.17) is 9.47 Å². The van der Waals surface area contributed by atoms with Gasteiger partial charge in [0, 0.05) is 34.1 Å². The van der Waals surface area contributed by atoms with Crippen LogP contribution in [0.25, 0.3) is 89.0 Å². The molecule has 4 heterocycles. The number of benzene rings is 16. The SMILES string of the molecule is c1ccc(-c2ccc(N3c4ccc(-c5ccccc5)cc4B4c5cc6c(cc5Oc5cc(-c7ccccc7)cc3c54)C3(c4ccccc4-6)c4ccccc4-c4cc5c(cc43)Oc3cc(-c4ccccc4)cc4c3B5c3cc(-c5ccccc5)ccc3N4c3ccc(-c4ccccc4)cc3)cc2)cc1. The third-order valence-corrected chi connectivity index (χ3v) is 22.8. The predicted molar refractivity (Wildman–Crippen MR) is 427 cm³/mol. The summed E-state index contributed by atoms with van der Waals surface area (Å²) in [6.45, 7) is -0.378. The molecule has 476 valence electrons. The predicted octanol–water partition coefficient (Wildman–Crippen LogP) is 20.8. The molecule has 4 nitrogen and oxygen atoms in total. The second-order valence-electron chi connectivity index (χ2n) is 28.1. The van der Waals surface area contributed by atoms with Crippen molar-refractivity contribution in [2.75, 3.05) is 9.80 Å². The Morgan fingerprint density at radius 2 is 0.515 bits per heavy atom. The van der Waals surface area contributed by atoms with Gasteiger partial charge in [-0.1, -0.05) is 291 Å². The lowest BCUT2D eigenvalue weighted by Crippen LogP contribution is -2.59. The fraction of sp³-hybridized carbons (Fsp3) is 0.0103. The Kier molecular flexibility index (Phi) is 12.6. The summed E-state index contributed by atoms with van der Waals surface area (Å²) in [6, 6.07) is 135. The van der Waals surface area contributed by atoms with Crippen LogP contribution in [0.3, 0.4) is 0 Å². The van der Waals surface area contributed by atoms with Crippen LogP contribution < -0.4 is 52.1 Å². The number of nitrogens with zero attached hydrogens (tertiary/aromatic N) is 2. The summed E-state index contributed by atoms with van der Waals surface area (Å²) in [5.74, 6) is 3.43. The van der Waals surface area contributed by atoms with Crippen LogP contribution in [-0.2, 0) is 5.41 Å². The lowest BCUT2D eigenvalue weighted by atomic mass is 9.33. The van der Waals surface area contributed by atoms with Crippen LogP contribution in [-0.4, -0.2) is 13.4 Å². The van der Waals surface area contributed by atoms with Gasteiger partial charge < -0.3 is 19.3 Å². The van der Waals surface area contributed by atoms with Crippen molar-refractivity contribution >= 4 is 80.3 Å². The van der Waals surface area contributed by atoms with Crippen molar-refractivity contribution in [3.05, 3.63) is 386 Å². The minimum atomic E-state index is -0.759. The third-order valence-electron chi connectivity index (χ3n) is 22.8. The summed E-state index contributed by atoms with van der Waals surface area (Å²) in [6.07, 6.45) is 0. The monoisotopic (exact) mass is 1310 g/mol. The Hall–Kier alpha value is -13.2. The molecule has 0 bridgehead atoms. The standard InChI is InChI=1S/C97H60B2N2O2/c1-7-23-61(24-8-1)67-39-45-73(46-40-67)100-87-49-43-69(63-27-11-3-12-28-63)51-83(87)98-85-57-77-75-35-19-21-37-79(75)97(81(77)59-91(85)102-93-55-71(53-89(100)95(93)98)65-31-15-5-16-32-65)80-38-22-20-36-76(80)78-58-86-92(60-82(78)97)103-94-56-72(66-33-17-6-18-34-66)54-90-96(94)99(86)84-52-70(64-29-13-4-14-30-64)44-50-88(84)101(90)74-47-41-68(42-48-74)62-25-9-2-10-26-62/h1-60H. The fourth-order valence-electron chi connectivity index (χ4n) is 18.3. The van der Waals surface area contributed by atoms with Gasteiger partial charge in [0.15, 0.2) is 0 Å². The fourth-order valence-corrected chi connectivity index (χ4v) is 18.3. The zero-order valence-electron chi connectivity index (χ0n) is 56.0. The van der Waals surface area contributed by atoms with Crippen LogP contribution in [0.5, 0.6) is 23.0 Å². The van der Waals surface area contributed by atoms with Crippen molar-refractivity contribution in [3.63, 3.8) is 0 Å². The highest BCUT2D eigenvalue weighted by molar-refractivity contribution is 7.00. The lowest BCUT2D eigenvalue weighted by molar-refractivity contribution is 0.485. The first-order valence-corrected chi connectivity index (χ1v) is 35.7. The van der Waals surface area contributed by atoms with Crippen LogP contribution in [0.1, 0.15) is 22.3 Å². The van der Waals surface area contributed by atoms with Gasteiger partial charge >= 0.3 is 0 Å². The van der Waals surface area contributed by atoms with Crippen molar-refractivity contribution in [3.8, 4) is 112 Å². The Labute approximate surface area is 599 Å². The number of anilines is 6. The quantitative estimate of drug-likeness (QED) is 0.142. The van der Waals surface area contributed by atoms with E-state index in [0.717, 1.165) is 101 Å². The molecule has 0 fully saturated rings. The van der Waals surface area contributed by atoms with Gasteiger partial charge in [-0.2, -0.15) is 0 Å². The molecule has 0 atom stereocenters. The van der Waals surface area contributed by atoms with E-state index in [1.807, 2.05) is 0 Å². The molecule has 6 aliphatic rings. The summed E-state index contributed by atoms with van der Waals surface area (Å²) >= 11 is 0. The number of rotatable bonds is 8. The Bertz CT molecular complexity index is 5790. The van der Waals surface area contributed by atoms with E-state index in [-0.39, 0.29) is 13.4 Å². The topological polar surface area (TPSA) is 24.9 Å². The van der Waals surface area contributed by atoms with Gasteiger partial charge in [0.05, 0.1) is 5.41 Å². The second kappa shape index (κ2) is 22.4. The Morgan fingerprint density at radius 3 is 0.883 bits per heavy atom. The van der Waals surface area contributed by atoms with Crippen LogP contribution in [0, 0.1) is 0 Å². The molecule has 22 rings (SSSR count). The maximum Gasteiger partial charge on any atom is 0.256 e. The first kappa shape index (κ1) is 57.7. The highest BCUT2D eigenvalue weighted by Crippen LogP contribution is 2.64. The summed E-state index contributed by atoms with van der Waals surface area (Å²) < 4.78 is 15.6. The molecule has 0 N–H and O–H groups in total. The average molecular weight is 1310 g/mol. The zero-order chi connectivity index (χ0) is 67.4. The van der Waals surface area contributed by atoms with E-state index in [0.29, 0.717) is 0 Å². The number of hydrogen-bond acceptors (Lipinski definition) is 4. The number of ether oxygens (including phenoxy) is 2. The maximum absolute atomic E-state index is 7.79. The van der Waals surface area contributed by atoms with Crippen molar-refractivity contribution in [2.45, 2.75) is 5.41 Å². The maximum atomic E-state index is 7.79. The molecule has 16 aromatic carbocycles. The summed E-state index contributed by atoms with van der Waals surface area (Å²) in [4.78, 5) is 4.97. The van der Waals surface area contributed by atoms with Gasteiger partial charge in [-0.3, -0.25) is 0 Å². The molecule has 0 aromatic heterocycles. The van der Waals surface area contributed by atoms with Crippen molar-refractivity contribution < 1.29 is 9.47 Å². The van der Waals surface area contributed by atoms with Crippen molar-refractivity contribution in [1.82, 2.24) is 0 Å². The molecule has 0 saturated heterocycles. The normalized spacial score (nSPS) is 13.6. The molecule has 0 radical (unpaired) electrons. The first-order valence-electron chi connectivity index (χ1n) is 35.7. The van der Waals surface area contributed by atoms with Crippen molar-refractivity contribution in [1.29, 1.82) is 0 Å². The van der Waals surface area contributed by atoms with Gasteiger partial charge in [0.2, 0.25) is 0 Å². The molecule has 0 amide bonds. The third kappa shape index (κ3) is 8.62. The molecule has 1 spiro atoms. The highest BCUT2D eigenvalue weighted by atomic mass is 16.5. The van der Waals surface area contributed by atoms with Gasteiger partial charge in [0.25, 0.3) is 13.4 Å². The molecular weight excluding hydrogens is 1250 g/mol. The summed E-state index contributed by atoms with van der Waals surface area (Å²) in [5, 5.41) is 0. The molecule has 2 aliphatic carbocycles. The molecule has 16 aromatic rings. The van der Waals surface area contributed by atoms with Gasteiger partial charge in [-0.05, 0) is 217 Å². The Morgan fingerprint density at radius 1 is 0.204 bits per heavy atom. The highest BCUT2D eigenvalue weighted by Gasteiger charge is 2.55. The molecule has 4 aliphatic heterocycles. The summed E-state index contributed by atoms with van der Waals surface area (Å²) in [5.41, 5.74) is 36.5. The van der Waals surface area contributed by atoms with E-state index < -0.39 is 5.41 Å². The van der Waals surface area contributed by atoms with E-state index in [1.54, 1.807) is 0 Å². The van der Waals surface area contributed by atoms with Crippen LogP contribution >= 0.6 is 0 Å². The minimum absolute atomic E-state index is 0.189. The lowest BCUT2D eigenvalue weighted by Gasteiger charge is -2.41. The zero-order valence-corrected chi connectivity index (χ0v) is 56.0. The number of hydrogen-bond donors (Lipinski definition) is 0. The second-order valence-corrected chi connectivity index (χ2v) is 28.1. The van der Waals surface area contributed by atoms with Crippen LogP contribution in [0.4, 0.5) is 34.1 Å². The smallest absolute Gasteiger partial charge is 0.256 e. The molecule has 103 heavy (non-hydrogen) atoms. The molecular formula is C97H60B2N2O2. The van der Waals surface area contributed by atoms with Crippen molar-refractivity contribution in [2.24, 2.45) is 0 Å². The van der Waals surface area contributed by atoms with E-state index in [2.05, 4.69) is 374 Å². The molecule has 6 heteroatoms. The summed E-state index contributed by atoms with van der Waals surface area (Å²) in [7, 11) is 0. The van der Waals surface area contributed by atoms with E-state index in [9.17, 15) is 0 Å². The first-order chi connectivity index (χ1) is 51.1. The van der Waals surface area contributed by atoms with Gasteiger partial charge in [-0.15, -0.1) is 0 Å². The van der Waals surface area contributed by atoms with Gasteiger partial charge in [-0.25, -0.2) is 0 Å². The van der Waals surface area contributed by atoms with Crippen LogP contribution in [0.2, 0.25) is 0 Å². The molecule has 0 unspecified atom stereocenters. The number of fused-ring (bicyclic) bond motifs is 18. The average Bonchev–Trinajstić information content (AvgIpc) is 1.56.